The summed E-state index contributed by atoms with van der Waals surface area (Å²) in [5.74, 6) is -7.73. The molecule has 2 aliphatic rings. The second-order valence-corrected chi connectivity index (χ2v) is 14.2. The smallest absolute Gasteiger partial charge is 0.331 e. The molecule has 9 unspecified atom stereocenters. The van der Waals surface area contributed by atoms with Crippen LogP contribution in [0.4, 0.5) is 0 Å². The van der Waals surface area contributed by atoms with Gasteiger partial charge in [-0.25, -0.2) is 14.4 Å². The molecule has 0 aromatic heterocycles. The van der Waals surface area contributed by atoms with Crippen LogP contribution in [-0.2, 0) is 61.9 Å². The quantitative estimate of drug-likeness (QED) is 0.0638. The van der Waals surface area contributed by atoms with Crippen molar-refractivity contribution in [2.24, 2.45) is 0 Å². The van der Waals surface area contributed by atoms with Crippen LogP contribution in [-0.4, -0.2) is 142 Å². The molecule has 0 saturated carbocycles. The summed E-state index contributed by atoms with van der Waals surface area (Å²) >= 11 is 0. The van der Waals surface area contributed by atoms with Crippen molar-refractivity contribution in [1.29, 1.82) is 0 Å². The van der Waals surface area contributed by atoms with E-state index in [9.17, 15) is 54.6 Å². The maximum Gasteiger partial charge on any atom is 0.331 e. The molecule has 6 N–H and O–H groups in total. The van der Waals surface area contributed by atoms with E-state index in [4.69, 9.17) is 42.6 Å². The highest BCUT2D eigenvalue weighted by molar-refractivity contribution is 5.88. The third-order valence-electron chi connectivity index (χ3n) is 9.46. The number of aliphatic hydroxyl groups excluding tert-OH is 3. The lowest BCUT2D eigenvalue weighted by molar-refractivity contribution is -0.383. The Labute approximate surface area is 365 Å². The van der Waals surface area contributed by atoms with E-state index in [0.29, 0.717) is 16.7 Å². The summed E-state index contributed by atoms with van der Waals surface area (Å²) in [6.45, 7) is -0.448. The average Bonchev–Trinajstić information content (AvgIpc) is 3.51. The third kappa shape index (κ3) is 13.1. The highest BCUT2D eigenvalue weighted by Gasteiger charge is 2.62. The van der Waals surface area contributed by atoms with E-state index in [2.05, 4.69) is 0 Å². The highest BCUT2D eigenvalue weighted by Crippen LogP contribution is 2.40. The van der Waals surface area contributed by atoms with E-state index < -0.39 is 104 Å². The molecule has 0 radical (unpaired) electrons. The lowest BCUT2D eigenvalue weighted by Crippen LogP contribution is -2.64. The predicted molar refractivity (Wildman–Crippen MR) is 217 cm³/mol. The van der Waals surface area contributed by atoms with Crippen molar-refractivity contribution in [2.45, 2.75) is 68.7 Å². The molecule has 9 atom stereocenters. The molecule has 2 saturated heterocycles. The van der Waals surface area contributed by atoms with Gasteiger partial charge in [0.2, 0.25) is 12.1 Å². The fraction of sp³-hybridized carbons (Fsp3) is 0.341. The molecule has 3 aromatic carbocycles. The largest absolute Gasteiger partial charge is 0.508 e. The van der Waals surface area contributed by atoms with Gasteiger partial charge in [-0.1, -0.05) is 30.3 Å². The fourth-order valence-electron chi connectivity index (χ4n) is 6.29. The van der Waals surface area contributed by atoms with Crippen LogP contribution in [0.15, 0.2) is 85.0 Å². The molecule has 2 heterocycles. The van der Waals surface area contributed by atoms with Gasteiger partial charge in [-0.05, 0) is 71.3 Å². The molecule has 0 bridgehead atoms. The van der Waals surface area contributed by atoms with Crippen molar-refractivity contribution in [3.8, 4) is 23.0 Å². The lowest BCUT2D eigenvalue weighted by atomic mass is 9.98. The van der Waals surface area contributed by atoms with Gasteiger partial charge < -0.3 is 73.3 Å². The van der Waals surface area contributed by atoms with Gasteiger partial charge in [-0.2, -0.15) is 0 Å². The van der Waals surface area contributed by atoms with Crippen molar-refractivity contribution < 1.29 is 97.2 Å². The number of phenols is 3. The van der Waals surface area contributed by atoms with Gasteiger partial charge in [0, 0.05) is 32.1 Å². The Balaban J connectivity index is 1.51. The number of hydrogen-bond donors (Lipinski definition) is 6. The number of aliphatic hydroxyl groups is 3. The van der Waals surface area contributed by atoms with E-state index >= 15 is 0 Å². The number of benzene rings is 3. The normalized spacial score (nSPS) is 25.5. The van der Waals surface area contributed by atoms with Gasteiger partial charge in [0.05, 0.1) is 7.11 Å². The van der Waals surface area contributed by atoms with Gasteiger partial charge in [0.25, 0.3) is 0 Å². The first kappa shape index (κ1) is 48.2. The maximum absolute atomic E-state index is 13.5. The second kappa shape index (κ2) is 22.0. The standard InChI is InChI=1S/C44H46O20/c1-24(45)57-21-33-38(53)40(55)41(60-25(2)46)43(61-33)64-44(23-59-36(51)17-9-26-4-12-29(47)13-5-26)42(62-37(52)19-10-27-6-14-30(48)15-7-27)39(54)34(63-44)22-58-35(50)18-11-28-8-16-31(49)32(20-28)56-3/h4-20,33-34,38-43,47-49,53-55H,21-23H2,1-3H3. The summed E-state index contributed by atoms with van der Waals surface area (Å²) in [7, 11) is 1.34. The van der Waals surface area contributed by atoms with Gasteiger partial charge in [0.15, 0.2) is 23.7 Å². The number of phenolic OH excluding ortho intramolecular Hbond substituents is 3. The molecule has 5 rings (SSSR count). The number of rotatable bonds is 17. The summed E-state index contributed by atoms with van der Waals surface area (Å²) in [6.07, 6.45) is -8.07. The zero-order chi connectivity index (χ0) is 46.6. The minimum absolute atomic E-state index is 0.0340. The molecule has 20 heteroatoms. The van der Waals surface area contributed by atoms with Crippen molar-refractivity contribution in [3.63, 3.8) is 0 Å². The van der Waals surface area contributed by atoms with E-state index in [1.165, 1.54) is 92.1 Å². The minimum atomic E-state index is -2.68. The topological polar surface area (TPSA) is 290 Å². The summed E-state index contributed by atoms with van der Waals surface area (Å²) in [5, 5.41) is 63.0. The number of esters is 5. The summed E-state index contributed by atoms with van der Waals surface area (Å²) < 4.78 is 50.2. The molecule has 3 aromatic rings. The van der Waals surface area contributed by atoms with Crippen LogP contribution >= 0.6 is 0 Å². The fourth-order valence-corrected chi connectivity index (χ4v) is 6.29. The number of aromatic hydroxyl groups is 3. The van der Waals surface area contributed by atoms with Crippen LogP contribution in [0.25, 0.3) is 18.2 Å². The van der Waals surface area contributed by atoms with Crippen LogP contribution in [0.5, 0.6) is 23.0 Å². The molecular formula is C44H46O20. The number of hydrogen-bond acceptors (Lipinski definition) is 20. The SMILES string of the molecule is COc1cc(C=CC(=O)OCC2OC(COC(=O)C=Cc3ccc(O)cc3)(OC3OC(COC(C)=O)C(O)C(O)C3OC(C)=O)C(OC(=O)C=Cc3ccc(O)cc3)C2O)ccc1O. The first-order valence-corrected chi connectivity index (χ1v) is 19.4. The van der Waals surface area contributed by atoms with Crippen molar-refractivity contribution in [1.82, 2.24) is 0 Å². The molecule has 2 fully saturated rings. The van der Waals surface area contributed by atoms with Crippen LogP contribution < -0.4 is 4.74 Å². The minimum Gasteiger partial charge on any atom is -0.508 e. The Morgan fingerprint density at radius 3 is 1.77 bits per heavy atom. The number of carbonyl (C=O) groups excluding carboxylic acids is 5. The third-order valence-corrected chi connectivity index (χ3v) is 9.46. The van der Waals surface area contributed by atoms with E-state index in [0.717, 1.165) is 32.1 Å². The molecule has 0 aliphatic carbocycles. The Morgan fingerprint density at radius 1 is 0.641 bits per heavy atom. The maximum atomic E-state index is 13.5. The van der Waals surface area contributed by atoms with E-state index in [1.807, 2.05) is 0 Å². The Morgan fingerprint density at radius 2 is 1.19 bits per heavy atom. The molecule has 0 spiro atoms. The van der Waals surface area contributed by atoms with Gasteiger partial charge in [-0.15, -0.1) is 0 Å². The molecule has 2 aliphatic heterocycles. The van der Waals surface area contributed by atoms with Gasteiger partial charge in [0.1, 0.15) is 61.8 Å². The summed E-state index contributed by atoms with van der Waals surface area (Å²) in [6, 6.07) is 15.6. The van der Waals surface area contributed by atoms with E-state index in [1.54, 1.807) is 0 Å². The second-order valence-electron chi connectivity index (χ2n) is 14.2. The monoisotopic (exact) mass is 894 g/mol. The number of methoxy groups -OCH3 is 1. The molecule has 20 nitrogen and oxygen atoms in total. The molecule has 0 amide bonds. The summed E-state index contributed by atoms with van der Waals surface area (Å²) in [4.78, 5) is 63.6. The Bertz CT molecular complexity index is 2200. The van der Waals surface area contributed by atoms with Crippen LogP contribution in [0.3, 0.4) is 0 Å². The van der Waals surface area contributed by atoms with Crippen LogP contribution in [0.2, 0.25) is 0 Å². The predicted octanol–water partition coefficient (Wildman–Crippen LogP) is 1.66. The Hall–Kier alpha value is -6.81. The molecule has 342 valence electrons. The van der Waals surface area contributed by atoms with E-state index in [-0.39, 0.29) is 23.0 Å². The van der Waals surface area contributed by atoms with Crippen LogP contribution in [0.1, 0.15) is 30.5 Å². The first-order chi connectivity index (χ1) is 30.5. The number of ether oxygens (including phenoxy) is 9. The van der Waals surface area contributed by atoms with Crippen molar-refractivity contribution in [2.75, 3.05) is 26.9 Å². The zero-order valence-corrected chi connectivity index (χ0v) is 34.5. The molecular weight excluding hydrogens is 848 g/mol. The number of carbonyl (C=O) groups is 5. The average molecular weight is 895 g/mol. The molecule has 64 heavy (non-hydrogen) atoms. The first-order valence-electron chi connectivity index (χ1n) is 19.4. The van der Waals surface area contributed by atoms with Crippen molar-refractivity contribution >= 4 is 48.1 Å². The van der Waals surface area contributed by atoms with Crippen molar-refractivity contribution in [3.05, 3.63) is 102 Å². The highest BCUT2D eigenvalue weighted by atomic mass is 16.8. The van der Waals surface area contributed by atoms with Gasteiger partial charge in [-0.3, -0.25) is 9.59 Å². The zero-order valence-electron chi connectivity index (χ0n) is 34.5. The summed E-state index contributed by atoms with van der Waals surface area (Å²) in [5.41, 5.74) is 1.33. The lowest BCUT2D eigenvalue weighted by Gasteiger charge is -2.44. The Kier molecular flexibility index (Phi) is 16.6. The van der Waals surface area contributed by atoms with Crippen LogP contribution in [0, 0.1) is 0 Å². The van der Waals surface area contributed by atoms with Gasteiger partial charge >= 0.3 is 29.8 Å².